The van der Waals surface area contributed by atoms with E-state index in [0.29, 0.717) is 6.54 Å². The number of hydrogen-bond acceptors (Lipinski definition) is 4. The molecule has 1 fully saturated rings. The monoisotopic (exact) mass is 287 g/mol. The van der Waals surface area contributed by atoms with Crippen molar-refractivity contribution in [2.45, 2.75) is 31.3 Å². The van der Waals surface area contributed by atoms with Crippen molar-refractivity contribution in [2.24, 2.45) is 0 Å². The minimum absolute atomic E-state index is 0.258. The summed E-state index contributed by atoms with van der Waals surface area (Å²) in [6.07, 6.45) is 1.43. The number of amides is 2. The van der Waals surface area contributed by atoms with Gasteiger partial charge in [0.25, 0.3) is 0 Å². The maximum Gasteiger partial charge on any atom is 0.326 e. The molecule has 8 nitrogen and oxygen atoms in total. The van der Waals surface area contributed by atoms with Crippen LogP contribution in [-0.4, -0.2) is 77.3 Å². The molecule has 2 amide bonds. The predicted molar refractivity (Wildman–Crippen MR) is 70.5 cm³/mol. The Morgan fingerprint density at radius 3 is 2.50 bits per heavy atom. The van der Waals surface area contributed by atoms with E-state index in [1.165, 1.54) is 4.90 Å². The second kappa shape index (κ2) is 7.09. The highest BCUT2D eigenvalue weighted by Gasteiger charge is 2.27. The number of rotatable bonds is 6. The summed E-state index contributed by atoms with van der Waals surface area (Å²) < 4.78 is 0. The van der Waals surface area contributed by atoms with Crippen molar-refractivity contribution in [3.05, 3.63) is 0 Å². The van der Waals surface area contributed by atoms with Gasteiger partial charge in [-0.2, -0.15) is 0 Å². The molecule has 0 saturated carbocycles. The summed E-state index contributed by atoms with van der Waals surface area (Å²) in [6, 6.07) is -1.73. The summed E-state index contributed by atoms with van der Waals surface area (Å²) in [5, 5.41) is 19.7. The van der Waals surface area contributed by atoms with Gasteiger partial charge in [-0.3, -0.25) is 4.79 Å². The zero-order chi connectivity index (χ0) is 15.3. The first-order valence-corrected chi connectivity index (χ1v) is 6.47. The molecule has 8 heteroatoms. The third-order valence-corrected chi connectivity index (χ3v) is 3.48. The fourth-order valence-electron chi connectivity index (χ4n) is 2.24. The molecule has 1 unspecified atom stereocenters. The summed E-state index contributed by atoms with van der Waals surface area (Å²) in [5.41, 5.74) is 0. The Bertz CT molecular complexity index is 387. The zero-order valence-electron chi connectivity index (χ0n) is 11.7. The van der Waals surface area contributed by atoms with Crippen molar-refractivity contribution in [3.8, 4) is 0 Å². The maximum absolute atomic E-state index is 11.9. The molecular weight excluding hydrogens is 266 g/mol. The van der Waals surface area contributed by atoms with Crippen LogP contribution in [-0.2, 0) is 9.59 Å². The number of carboxylic acids is 2. The van der Waals surface area contributed by atoms with E-state index >= 15 is 0 Å². The van der Waals surface area contributed by atoms with Crippen LogP contribution < -0.4 is 5.32 Å². The van der Waals surface area contributed by atoms with Gasteiger partial charge in [-0.25, -0.2) is 9.59 Å². The second-order valence-electron chi connectivity index (χ2n) is 5.10. The molecule has 1 aliphatic heterocycles. The number of carboxylic acid groups (broad SMARTS) is 2. The number of carbonyl (C=O) groups is 3. The molecule has 3 N–H and O–H groups in total. The van der Waals surface area contributed by atoms with Gasteiger partial charge < -0.3 is 25.3 Å². The molecule has 1 aliphatic rings. The number of nitrogens with one attached hydrogen (secondary N) is 1. The van der Waals surface area contributed by atoms with Gasteiger partial charge in [-0.1, -0.05) is 0 Å². The highest BCUT2D eigenvalue weighted by atomic mass is 16.4. The average Bonchev–Trinajstić information content (AvgIpc) is 2.73. The van der Waals surface area contributed by atoms with Crippen LogP contribution in [0.1, 0.15) is 19.3 Å². The van der Waals surface area contributed by atoms with Crippen LogP contribution in [0.3, 0.4) is 0 Å². The lowest BCUT2D eigenvalue weighted by Crippen LogP contribution is -2.50. The average molecular weight is 287 g/mol. The third kappa shape index (κ3) is 4.69. The maximum atomic E-state index is 11.9. The van der Waals surface area contributed by atoms with E-state index in [4.69, 9.17) is 10.2 Å². The zero-order valence-corrected chi connectivity index (χ0v) is 11.7. The lowest BCUT2D eigenvalue weighted by Gasteiger charge is -2.27. The van der Waals surface area contributed by atoms with Gasteiger partial charge in [0.1, 0.15) is 6.04 Å². The quantitative estimate of drug-likeness (QED) is 0.616. The minimum atomic E-state index is -1.41. The topological polar surface area (TPSA) is 110 Å². The Hall–Kier alpha value is -1.83. The van der Waals surface area contributed by atoms with Crippen LogP contribution in [0.5, 0.6) is 0 Å². The van der Waals surface area contributed by atoms with Crippen molar-refractivity contribution in [1.82, 2.24) is 15.1 Å². The van der Waals surface area contributed by atoms with Gasteiger partial charge in [0.2, 0.25) is 0 Å². The molecule has 0 spiro atoms. The van der Waals surface area contributed by atoms with E-state index < -0.39 is 30.4 Å². The Balaban J connectivity index is 2.50. The van der Waals surface area contributed by atoms with Gasteiger partial charge in [0, 0.05) is 19.6 Å². The molecule has 0 radical (unpaired) electrons. The van der Waals surface area contributed by atoms with E-state index in [1.54, 1.807) is 7.05 Å². The number of hydrogen-bond donors (Lipinski definition) is 3. The Labute approximate surface area is 117 Å². The summed E-state index contributed by atoms with van der Waals surface area (Å²) in [4.78, 5) is 36.9. The minimum Gasteiger partial charge on any atom is -0.481 e. The molecule has 1 heterocycles. The van der Waals surface area contributed by atoms with Crippen LogP contribution >= 0.6 is 0 Å². The highest BCUT2D eigenvalue weighted by Crippen LogP contribution is 2.15. The number of likely N-dealkylation sites (N-methyl/N-ethyl adjacent to an activating group) is 2. The SMILES string of the molecule is CN(CC1CCCN1C)C(=O)N[C@@H](CC(=O)O)C(=O)O. The standard InChI is InChI=1S/C12H21N3O5/c1-14-5-3-4-8(14)7-15(2)12(20)13-9(11(18)19)6-10(16)17/h8-9H,3-7H2,1-2H3,(H,13,20)(H,16,17)(H,18,19)/t8?,9-/m0/s1. The predicted octanol–water partition coefficient (Wildman–Crippen LogP) is -0.350. The van der Waals surface area contributed by atoms with Gasteiger partial charge in [-0.15, -0.1) is 0 Å². The normalized spacial score (nSPS) is 20.4. The van der Waals surface area contributed by atoms with Gasteiger partial charge in [-0.05, 0) is 26.4 Å². The molecule has 0 aromatic heterocycles. The Kier molecular flexibility index (Phi) is 5.75. The first-order chi connectivity index (χ1) is 9.31. The molecule has 1 saturated heterocycles. The Morgan fingerprint density at radius 1 is 1.40 bits per heavy atom. The van der Waals surface area contributed by atoms with Crippen molar-refractivity contribution in [1.29, 1.82) is 0 Å². The van der Waals surface area contributed by atoms with Gasteiger partial charge in [0.05, 0.1) is 6.42 Å². The van der Waals surface area contributed by atoms with Crippen molar-refractivity contribution in [2.75, 3.05) is 27.2 Å². The fourth-order valence-corrected chi connectivity index (χ4v) is 2.24. The second-order valence-corrected chi connectivity index (χ2v) is 5.10. The third-order valence-electron chi connectivity index (χ3n) is 3.48. The van der Waals surface area contributed by atoms with Gasteiger partial charge in [0.15, 0.2) is 0 Å². The van der Waals surface area contributed by atoms with Crippen LogP contribution in [0.25, 0.3) is 0 Å². The van der Waals surface area contributed by atoms with Crippen LogP contribution in [0.15, 0.2) is 0 Å². The van der Waals surface area contributed by atoms with Crippen molar-refractivity contribution < 1.29 is 24.6 Å². The van der Waals surface area contributed by atoms with Crippen LogP contribution in [0.4, 0.5) is 4.79 Å². The molecule has 114 valence electrons. The molecule has 0 aromatic rings. The molecule has 0 aromatic carbocycles. The number of likely N-dealkylation sites (tertiary alicyclic amines) is 1. The van der Waals surface area contributed by atoms with Gasteiger partial charge >= 0.3 is 18.0 Å². The summed E-state index contributed by atoms with van der Waals surface area (Å²) in [6.45, 7) is 1.47. The largest absolute Gasteiger partial charge is 0.481 e. The van der Waals surface area contributed by atoms with E-state index in [2.05, 4.69) is 10.2 Å². The molecule has 20 heavy (non-hydrogen) atoms. The Morgan fingerprint density at radius 2 is 2.05 bits per heavy atom. The smallest absolute Gasteiger partial charge is 0.326 e. The fraction of sp³-hybridized carbons (Fsp3) is 0.750. The van der Waals surface area contributed by atoms with E-state index in [0.717, 1.165) is 19.4 Å². The molecule has 0 bridgehead atoms. The van der Waals surface area contributed by atoms with Crippen molar-refractivity contribution >= 4 is 18.0 Å². The molecule has 0 aliphatic carbocycles. The lowest BCUT2D eigenvalue weighted by atomic mass is 10.2. The number of aliphatic carboxylic acids is 2. The number of urea groups is 1. The van der Waals surface area contributed by atoms with Crippen LogP contribution in [0.2, 0.25) is 0 Å². The molecule has 1 rings (SSSR count). The molecule has 2 atom stereocenters. The van der Waals surface area contributed by atoms with Crippen molar-refractivity contribution in [3.63, 3.8) is 0 Å². The van der Waals surface area contributed by atoms with Crippen LogP contribution in [0, 0.1) is 0 Å². The first kappa shape index (κ1) is 16.2. The molecular formula is C12H21N3O5. The van der Waals surface area contributed by atoms with E-state index in [1.807, 2.05) is 7.05 Å². The van der Waals surface area contributed by atoms with E-state index in [9.17, 15) is 14.4 Å². The highest BCUT2D eigenvalue weighted by molar-refractivity contribution is 5.86. The van der Waals surface area contributed by atoms with E-state index in [-0.39, 0.29) is 6.04 Å². The summed E-state index contributed by atoms with van der Waals surface area (Å²) >= 11 is 0. The lowest BCUT2D eigenvalue weighted by molar-refractivity contribution is -0.145. The number of carbonyl (C=O) groups excluding carboxylic acids is 1. The summed E-state index contributed by atoms with van der Waals surface area (Å²) in [5.74, 6) is -2.62. The summed E-state index contributed by atoms with van der Waals surface area (Å²) in [7, 11) is 3.55. The number of nitrogens with zero attached hydrogens (tertiary/aromatic N) is 2. The first-order valence-electron chi connectivity index (χ1n) is 6.47.